The Hall–Kier alpha value is -4.28. The van der Waals surface area contributed by atoms with E-state index in [0.29, 0.717) is 18.2 Å². The number of likely N-dealkylation sites (tertiary alicyclic amines) is 1. The molecule has 4 aromatic rings. The van der Waals surface area contributed by atoms with Crippen LogP contribution in [0.15, 0.2) is 55.4 Å². The Morgan fingerprint density at radius 1 is 1.03 bits per heavy atom. The SMILES string of the molecule is CC(C)(C)OC(=O)N1C[C@@H]2C[C@H]1CN2c1cc(-n2nc(Nc3cnccn3)c3cnccc32)ccn1. The summed E-state index contributed by atoms with van der Waals surface area (Å²) in [7, 11) is 0. The number of fused-ring (bicyclic) bond motifs is 3. The molecule has 0 aliphatic carbocycles. The first-order valence-corrected chi connectivity index (χ1v) is 11.9. The lowest BCUT2D eigenvalue weighted by atomic mass is 10.2. The average molecular weight is 486 g/mol. The Bertz CT molecular complexity index is 1420. The van der Waals surface area contributed by atoms with E-state index in [-0.39, 0.29) is 18.2 Å². The molecule has 2 aliphatic heterocycles. The van der Waals surface area contributed by atoms with Crippen LogP contribution < -0.4 is 10.2 Å². The van der Waals surface area contributed by atoms with Gasteiger partial charge in [-0.1, -0.05) is 0 Å². The van der Waals surface area contributed by atoms with Crippen molar-refractivity contribution in [2.24, 2.45) is 0 Å². The molecule has 6 rings (SSSR count). The van der Waals surface area contributed by atoms with E-state index < -0.39 is 5.60 Å². The standard InChI is InChI=1S/C25H27N9O2/c1-25(2,3)36-24(35)33-15-17-10-18(33)14-32(17)22-11-16(4-7-29-22)34-20-5-6-26-12-19(20)23(31-34)30-21-13-27-8-9-28-21/h4-9,11-13,17-18H,10,14-15H2,1-3H3,(H,28,30,31)/t17-,18-/m0/s1. The number of anilines is 3. The fourth-order valence-corrected chi connectivity index (χ4v) is 4.92. The van der Waals surface area contributed by atoms with Crippen LogP contribution >= 0.6 is 0 Å². The number of carbonyl (C=O) groups is 1. The molecule has 0 spiro atoms. The highest BCUT2D eigenvalue weighted by molar-refractivity contribution is 5.92. The van der Waals surface area contributed by atoms with Crippen LogP contribution in [-0.4, -0.2) is 71.5 Å². The molecule has 6 heterocycles. The van der Waals surface area contributed by atoms with Crippen molar-refractivity contribution in [3.8, 4) is 5.69 Å². The van der Waals surface area contributed by atoms with Gasteiger partial charge in [0.25, 0.3) is 0 Å². The van der Waals surface area contributed by atoms with Gasteiger partial charge in [0.05, 0.1) is 34.9 Å². The monoisotopic (exact) mass is 485 g/mol. The molecule has 1 N–H and O–H groups in total. The van der Waals surface area contributed by atoms with Crippen LogP contribution in [0.5, 0.6) is 0 Å². The van der Waals surface area contributed by atoms with Crippen molar-refractivity contribution in [2.45, 2.75) is 44.9 Å². The normalized spacial score (nSPS) is 19.2. The minimum atomic E-state index is -0.503. The van der Waals surface area contributed by atoms with Crippen molar-refractivity contribution in [2.75, 3.05) is 23.3 Å². The Morgan fingerprint density at radius 2 is 1.89 bits per heavy atom. The summed E-state index contributed by atoms with van der Waals surface area (Å²) in [4.78, 5) is 34.1. The molecule has 11 heteroatoms. The molecule has 4 aromatic heterocycles. The summed E-state index contributed by atoms with van der Waals surface area (Å²) in [6.45, 7) is 7.04. The molecule has 184 valence electrons. The quantitative estimate of drug-likeness (QED) is 0.463. The Morgan fingerprint density at radius 3 is 2.64 bits per heavy atom. The predicted octanol–water partition coefficient (Wildman–Crippen LogP) is 3.55. The number of piperazine rings is 1. The molecule has 11 nitrogen and oxygen atoms in total. The molecule has 0 aromatic carbocycles. The van der Waals surface area contributed by atoms with Crippen molar-refractivity contribution in [3.05, 3.63) is 55.4 Å². The lowest BCUT2D eigenvalue weighted by Gasteiger charge is -2.35. The summed E-state index contributed by atoms with van der Waals surface area (Å²) in [5.74, 6) is 2.11. The molecule has 0 radical (unpaired) electrons. The summed E-state index contributed by atoms with van der Waals surface area (Å²) < 4.78 is 7.48. The van der Waals surface area contributed by atoms with Gasteiger partial charge >= 0.3 is 6.09 Å². The smallest absolute Gasteiger partial charge is 0.410 e. The van der Waals surface area contributed by atoms with Gasteiger partial charge in [-0.3, -0.25) is 9.97 Å². The van der Waals surface area contributed by atoms with Crippen LogP contribution in [0.4, 0.5) is 22.2 Å². The number of amides is 1. The van der Waals surface area contributed by atoms with E-state index in [2.05, 4.69) is 30.2 Å². The first kappa shape index (κ1) is 22.2. The number of carbonyl (C=O) groups excluding carboxylic acids is 1. The fraction of sp³-hybridized carbons (Fsp3) is 0.360. The van der Waals surface area contributed by atoms with E-state index in [1.807, 2.05) is 48.6 Å². The van der Waals surface area contributed by atoms with Gasteiger partial charge in [-0.05, 0) is 39.3 Å². The Balaban J connectivity index is 1.26. The van der Waals surface area contributed by atoms with E-state index in [4.69, 9.17) is 9.84 Å². The third kappa shape index (κ3) is 4.06. The van der Waals surface area contributed by atoms with Crippen LogP contribution in [0.3, 0.4) is 0 Å². The van der Waals surface area contributed by atoms with Crippen molar-refractivity contribution in [3.63, 3.8) is 0 Å². The Labute approximate surface area is 208 Å². The molecular weight excluding hydrogens is 458 g/mol. The van der Waals surface area contributed by atoms with Crippen LogP contribution in [0.2, 0.25) is 0 Å². The molecular formula is C25H27N9O2. The molecule has 2 atom stereocenters. The molecule has 0 saturated carbocycles. The predicted molar refractivity (Wildman–Crippen MR) is 134 cm³/mol. The number of nitrogens with one attached hydrogen (secondary N) is 1. The van der Waals surface area contributed by atoms with Crippen LogP contribution in [0.1, 0.15) is 27.2 Å². The maximum atomic E-state index is 12.6. The second-order valence-corrected chi connectivity index (χ2v) is 10.1. The van der Waals surface area contributed by atoms with Gasteiger partial charge in [-0.25, -0.2) is 19.4 Å². The summed E-state index contributed by atoms with van der Waals surface area (Å²) in [5.41, 5.74) is 1.29. The lowest BCUT2D eigenvalue weighted by Crippen LogP contribution is -2.50. The lowest BCUT2D eigenvalue weighted by molar-refractivity contribution is 0.0214. The zero-order valence-electron chi connectivity index (χ0n) is 20.4. The van der Waals surface area contributed by atoms with Gasteiger partial charge in [0.15, 0.2) is 5.82 Å². The molecule has 36 heavy (non-hydrogen) atoms. The first-order valence-electron chi connectivity index (χ1n) is 11.9. The van der Waals surface area contributed by atoms with Crippen molar-refractivity contribution >= 4 is 34.4 Å². The fourth-order valence-electron chi connectivity index (χ4n) is 4.92. The zero-order chi connectivity index (χ0) is 24.9. The van der Waals surface area contributed by atoms with E-state index in [0.717, 1.165) is 35.4 Å². The minimum Gasteiger partial charge on any atom is -0.444 e. The number of hydrogen-bond donors (Lipinski definition) is 1. The van der Waals surface area contributed by atoms with Gasteiger partial charge < -0.3 is 19.9 Å². The molecule has 1 amide bonds. The van der Waals surface area contributed by atoms with Crippen molar-refractivity contribution in [1.29, 1.82) is 0 Å². The van der Waals surface area contributed by atoms with Gasteiger partial charge in [-0.2, -0.15) is 0 Å². The number of ether oxygens (including phenoxy) is 1. The molecule has 2 fully saturated rings. The third-order valence-electron chi connectivity index (χ3n) is 6.43. The van der Waals surface area contributed by atoms with Crippen LogP contribution in [-0.2, 0) is 4.74 Å². The van der Waals surface area contributed by atoms with Crippen LogP contribution in [0, 0.1) is 0 Å². The first-order chi connectivity index (χ1) is 17.4. The Kier molecular flexibility index (Phi) is 5.20. The highest BCUT2D eigenvalue weighted by Gasteiger charge is 2.47. The number of pyridine rings is 2. The zero-order valence-corrected chi connectivity index (χ0v) is 20.4. The maximum Gasteiger partial charge on any atom is 0.410 e. The van der Waals surface area contributed by atoms with Crippen molar-refractivity contribution in [1.82, 2.24) is 34.6 Å². The van der Waals surface area contributed by atoms with E-state index in [1.165, 1.54) is 0 Å². The molecule has 2 aliphatic rings. The summed E-state index contributed by atoms with van der Waals surface area (Å²) in [6.07, 6.45) is 10.9. The van der Waals surface area contributed by atoms with Crippen molar-refractivity contribution < 1.29 is 9.53 Å². The molecule has 2 bridgehead atoms. The topological polar surface area (TPSA) is 114 Å². The van der Waals surface area contributed by atoms with Crippen LogP contribution in [0.25, 0.3) is 16.6 Å². The highest BCUT2D eigenvalue weighted by Crippen LogP contribution is 2.35. The number of hydrogen-bond acceptors (Lipinski definition) is 9. The van der Waals surface area contributed by atoms with E-state index in [9.17, 15) is 4.79 Å². The summed E-state index contributed by atoms with van der Waals surface area (Å²) in [6, 6.07) is 6.23. The summed E-state index contributed by atoms with van der Waals surface area (Å²) >= 11 is 0. The summed E-state index contributed by atoms with van der Waals surface area (Å²) in [5, 5.41) is 8.93. The third-order valence-corrected chi connectivity index (χ3v) is 6.43. The number of aromatic nitrogens is 6. The average Bonchev–Trinajstić information content (AvgIpc) is 3.57. The van der Waals surface area contributed by atoms with Gasteiger partial charge in [-0.15, -0.1) is 5.10 Å². The van der Waals surface area contributed by atoms with E-state index in [1.54, 1.807) is 37.2 Å². The number of rotatable bonds is 4. The second-order valence-electron chi connectivity index (χ2n) is 10.1. The van der Waals surface area contributed by atoms with Gasteiger partial charge in [0.1, 0.15) is 17.2 Å². The second kappa shape index (κ2) is 8.43. The van der Waals surface area contributed by atoms with Gasteiger partial charge in [0, 0.05) is 50.1 Å². The van der Waals surface area contributed by atoms with Gasteiger partial charge in [0.2, 0.25) is 0 Å². The molecule has 0 unspecified atom stereocenters. The molecule has 2 saturated heterocycles. The minimum absolute atomic E-state index is 0.120. The van der Waals surface area contributed by atoms with E-state index >= 15 is 0 Å². The highest BCUT2D eigenvalue weighted by atomic mass is 16.6. The maximum absolute atomic E-state index is 12.6. The largest absolute Gasteiger partial charge is 0.444 e. The number of nitrogens with zero attached hydrogens (tertiary/aromatic N) is 8.